The highest BCUT2D eigenvalue weighted by Crippen LogP contribution is 2.46. The van der Waals surface area contributed by atoms with E-state index < -0.39 is 12.1 Å². The van der Waals surface area contributed by atoms with Crippen LogP contribution in [0.5, 0.6) is 5.75 Å². The van der Waals surface area contributed by atoms with Gasteiger partial charge in [0, 0.05) is 44.2 Å². The van der Waals surface area contributed by atoms with Crippen LogP contribution in [0.4, 0.5) is 4.39 Å². The molecule has 0 amide bonds. The molecule has 0 bridgehead atoms. The van der Waals surface area contributed by atoms with Gasteiger partial charge in [0.1, 0.15) is 23.5 Å². The van der Waals surface area contributed by atoms with Gasteiger partial charge in [-0.15, -0.1) is 0 Å². The molecule has 7 nitrogen and oxygen atoms in total. The lowest BCUT2D eigenvalue weighted by atomic mass is 9.86. The van der Waals surface area contributed by atoms with Gasteiger partial charge in [-0.05, 0) is 86.3 Å². The number of likely N-dealkylation sites (tertiary alicyclic amines) is 1. The van der Waals surface area contributed by atoms with Gasteiger partial charge in [-0.3, -0.25) is 4.90 Å². The van der Waals surface area contributed by atoms with E-state index in [9.17, 15) is 9.90 Å². The van der Waals surface area contributed by atoms with E-state index in [0.29, 0.717) is 39.4 Å². The summed E-state index contributed by atoms with van der Waals surface area (Å²) in [5.74, 6) is 0.825. The Kier molecular flexibility index (Phi) is 9.44. The third kappa shape index (κ3) is 6.61. The number of carboxylic acids is 1. The number of imidazole rings is 1. The van der Waals surface area contributed by atoms with Gasteiger partial charge in [-0.1, -0.05) is 54.0 Å². The van der Waals surface area contributed by atoms with Gasteiger partial charge in [0.05, 0.1) is 34.8 Å². The van der Waals surface area contributed by atoms with Crippen LogP contribution in [0.15, 0.2) is 60.7 Å². The SMILES string of the molecule is C[Si]CC(Cn1c(CN2CCC(c3cccc4c3OC(c3ccc(Cl)cc3Cl)C=C4F)CC2)nc2ccc(C(=O)O)cc21)[C@@H]1CCO1. The number of fused-ring (bicyclic) bond motifs is 2. The van der Waals surface area contributed by atoms with Crippen molar-refractivity contribution in [2.75, 3.05) is 19.7 Å². The fourth-order valence-electron chi connectivity index (χ4n) is 7.13. The van der Waals surface area contributed by atoms with E-state index in [1.165, 1.54) is 6.08 Å². The van der Waals surface area contributed by atoms with Crippen LogP contribution in [-0.4, -0.2) is 60.8 Å². The molecule has 2 unspecified atom stereocenters. The Morgan fingerprint density at radius 2 is 1.91 bits per heavy atom. The van der Waals surface area contributed by atoms with Crippen LogP contribution in [0.3, 0.4) is 0 Å². The Bertz CT molecular complexity index is 1840. The summed E-state index contributed by atoms with van der Waals surface area (Å²) in [7, 11) is 0.806. The van der Waals surface area contributed by atoms with Crippen LogP contribution in [-0.2, 0) is 17.8 Å². The Labute approximate surface area is 286 Å². The highest BCUT2D eigenvalue weighted by Gasteiger charge is 2.32. The number of aromatic nitrogens is 2. The predicted molar refractivity (Wildman–Crippen MR) is 184 cm³/mol. The Hall–Kier alpha value is -3.21. The van der Waals surface area contributed by atoms with Crippen LogP contribution < -0.4 is 4.74 Å². The topological polar surface area (TPSA) is 76.8 Å². The number of nitrogens with zero attached hydrogens (tertiary/aromatic N) is 3. The fourth-order valence-corrected chi connectivity index (χ4v) is 8.57. The maximum Gasteiger partial charge on any atom is 0.335 e. The zero-order valence-electron chi connectivity index (χ0n) is 26.1. The molecule has 3 aliphatic heterocycles. The molecule has 0 spiro atoms. The van der Waals surface area contributed by atoms with E-state index in [1.807, 2.05) is 12.1 Å². The summed E-state index contributed by atoms with van der Waals surface area (Å²) < 4.78 is 30.1. The molecule has 2 saturated heterocycles. The highest BCUT2D eigenvalue weighted by atomic mass is 35.5. The van der Waals surface area contributed by atoms with E-state index in [2.05, 4.69) is 22.1 Å². The number of aromatic carboxylic acids is 1. The molecule has 3 aromatic carbocycles. The minimum Gasteiger partial charge on any atom is -0.480 e. The Morgan fingerprint density at radius 1 is 1.11 bits per heavy atom. The smallest absolute Gasteiger partial charge is 0.335 e. The van der Waals surface area contributed by atoms with E-state index >= 15 is 4.39 Å². The van der Waals surface area contributed by atoms with Gasteiger partial charge >= 0.3 is 5.97 Å². The van der Waals surface area contributed by atoms with E-state index in [0.717, 1.165) is 83.5 Å². The van der Waals surface area contributed by atoms with Crippen molar-refractivity contribution >= 4 is 55.6 Å². The molecule has 11 heteroatoms. The lowest BCUT2D eigenvalue weighted by molar-refractivity contribution is -0.0836. The van der Waals surface area contributed by atoms with Gasteiger partial charge in [0.15, 0.2) is 0 Å². The summed E-state index contributed by atoms with van der Waals surface area (Å²) >= 11 is 12.6. The van der Waals surface area contributed by atoms with Crippen molar-refractivity contribution in [3.63, 3.8) is 0 Å². The van der Waals surface area contributed by atoms with Crippen molar-refractivity contribution in [2.45, 2.75) is 63.1 Å². The van der Waals surface area contributed by atoms with E-state index in [4.69, 9.17) is 37.7 Å². The molecule has 47 heavy (non-hydrogen) atoms. The molecule has 3 aliphatic rings. The van der Waals surface area contributed by atoms with Gasteiger partial charge in [0.25, 0.3) is 0 Å². The second-order valence-electron chi connectivity index (χ2n) is 12.7. The summed E-state index contributed by atoms with van der Waals surface area (Å²) in [5.41, 5.74) is 4.09. The largest absolute Gasteiger partial charge is 0.480 e. The molecule has 4 heterocycles. The van der Waals surface area contributed by atoms with Crippen LogP contribution >= 0.6 is 23.2 Å². The summed E-state index contributed by atoms with van der Waals surface area (Å²) in [6, 6.07) is 17.2. The molecule has 1 N–H and O–H groups in total. The standard InChI is InChI=1S/C36H36Cl2FN3O4Si/c1-47-20-23(32-11-14-45-32)18-42-31-15-22(36(43)44)5-8-30(31)40-34(42)19-41-12-9-21(10-13-41)25-3-2-4-27-29(39)17-33(46-35(25)27)26-7-6-24(37)16-28(26)38/h2-8,15-17,21,23,32-33H,9-14,18-20H2,1H3,(H,43,44)/t23?,32-,33?/m0/s1. The number of carboxylic acid groups (broad SMARTS) is 1. The van der Waals surface area contributed by atoms with Gasteiger partial charge in [0.2, 0.25) is 0 Å². The minimum atomic E-state index is -0.942. The molecule has 3 atom stereocenters. The molecule has 2 fully saturated rings. The second kappa shape index (κ2) is 13.7. The molecule has 244 valence electrons. The number of carbonyl (C=O) groups is 1. The van der Waals surface area contributed by atoms with Crippen molar-refractivity contribution < 1.29 is 23.8 Å². The quantitative estimate of drug-likeness (QED) is 0.168. The first-order valence-corrected chi connectivity index (χ1v) is 18.6. The van der Waals surface area contributed by atoms with Crippen LogP contribution in [0.2, 0.25) is 22.6 Å². The molecule has 1 aromatic heterocycles. The predicted octanol–water partition coefficient (Wildman–Crippen LogP) is 8.44. The fraction of sp³-hybridized carbons (Fsp3) is 0.389. The van der Waals surface area contributed by atoms with Gasteiger partial charge < -0.3 is 19.1 Å². The number of ether oxygens (including phenoxy) is 2. The number of rotatable bonds is 10. The average Bonchev–Trinajstić information content (AvgIpc) is 3.36. The van der Waals surface area contributed by atoms with Crippen molar-refractivity contribution in [2.24, 2.45) is 5.92 Å². The van der Waals surface area contributed by atoms with Crippen molar-refractivity contribution in [3.05, 3.63) is 98.8 Å². The summed E-state index contributed by atoms with van der Waals surface area (Å²) in [6.07, 6.45) is 3.89. The molecular formula is C36H36Cl2FN3O4Si. The van der Waals surface area contributed by atoms with Gasteiger partial charge in [-0.2, -0.15) is 0 Å². The summed E-state index contributed by atoms with van der Waals surface area (Å²) in [5, 5.41) is 10.7. The first-order chi connectivity index (χ1) is 22.8. The molecular weight excluding hydrogens is 656 g/mol. The average molecular weight is 693 g/mol. The first-order valence-electron chi connectivity index (χ1n) is 16.1. The number of para-hydroxylation sites is 1. The number of hydrogen-bond donors (Lipinski definition) is 1. The van der Waals surface area contributed by atoms with E-state index in [-0.39, 0.29) is 23.4 Å². The molecule has 2 radical (unpaired) electrons. The number of hydrogen-bond acceptors (Lipinski definition) is 5. The maximum absolute atomic E-state index is 15.4. The van der Waals surface area contributed by atoms with Crippen LogP contribution in [0.25, 0.3) is 16.9 Å². The molecule has 7 rings (SSSR count). The third-order valence-corrected chi connectivity index (χ3v) is 11.2. The van der Waals surface area contributed by atoms with Crippen LogP contribution in [0.1, 0.15) is 64.2 Å². The second-order valence-corrected chi connectivity index (χ2v) is 14.6. The van der Waals surface area contributed by atoms with E-state index in [1.54, 1.807) is 36.4 Å². The Morgan fingerprint density at radius 3 is 2.62 bits per heavy atom. The van der Waals surface area contributed by atoms with Crippen LogP contribution in [0, 0.1) is 5.92 Å². The summed E-state index contributed by atoms with van der Waals surface area (Å²) in [4.78, 5) is 19.3. The monoisotopic (exact) mass is 691 g/mol. The highest BCUT2D eigenvalue weighted by molar-refractivity contribution is 6.35. The lowest BCUT2D eigenvalue weighted by Gasteiger charge is -2.36. The zero-order valence-corrected chi connectivity index (χ0v) is 28.6. The van der Waals surface area contributed by atoms with Crippen molar-refractivity contribution in [3.8, 4) is 5.75 Å². The lowest BCUT2D eigenvalue weighted by Crippen LogP contribution is -2.38. The summed E-state index contributed by atoms with van der Waals surface area (Å²) in [6.45, 7) is 6.12. The Balaban J connectivity index is 1.10. The normalized spacial score (nSPS) is 20.7. The number of benzene rings is 3. The van der Waals surface area contributed by atoms with Gasteiger partial charge in [-0.25, -0.2) is 14.2 Å². The molecule has 4 aromatic rings. The molecule has 0 saturated carbocycles. The van der Waals surface area contributed by atoms with Crippen molar-refractivity contribution in [1.82, 2.24) is 14.5 Å². The maximum atomic E-state index is 15.4. The minimum absolute atomic E-state index is 0.205. The number of halogens is 3. The van der Waals surface area contributed by atoms with Crippen molar-refractivity contribution in [1.29, 1.82) is 0 Å². The first kappa shape index (κ1) is 32.3. The third-order valence-electron chi connectivity index (χ3n) is 9.72. The number of piperidine rings is 1. The zero-order chi connectivity index (χ0) is 32.7. The molecule has 0 aliphatic carbocycles.